The van der Waals surface area contributed by atoms with Crippen molar-refractivity contribution in [2.75, 3.05) is 0 Å². The molecule has 0 radical (unpaired) electrons. The monoisotopic (exact) mass is 385 g/mol. The van der Waals surface area contributed by atoms with Gasteiger partial charge in [0, 0.05) is 5.56 Å². The maximum Gasteiger partial charge on any atom is 0.358 e. The summed E-state index contributed by atoms with van der Waals surface area (Å²) in [5.41, 5.74) is 4.96. The Kier molecular flexibility index (Phi) is 5.43. The fourth-order valence-corrected chi connectivity index (χ4v) is 4.40. The molecule has 2 aromatic rings. The van der Waals surface area contributed by atoms with Crippen molar-refractivity contribution in [2.24, 2.45) is 5.16 Å². The minimum atomic E-state index is -3.94. The first-order chi connectivity index (χ1) is 12.7. The fraction of sp³-hybridized carbons (Fsp3) is 0.409. The van der Waals surface area contributed by atoms with Crippen LogP contribution in [0.3, 0.4) is 0 Å². The van der Waals surface area contributed by atoms with Crippen LogP contribution in [-0.4, -0.2) is 14.1 Å². The molecule has 3 rings (SSSR count). The predicted molar refractivity (Wildman–Crippen MR) is 109 cm³/mol. The standard InChI is InChI=1S/C22H27NO3S/c1-5-22(3,4)20-14-13-18(15-16(20)2)27(24,25)26-23-21-12-8-10-17-9-6-7-11-19(17)21/h6-7,9,11,13-15H,5,8,10,12H2,1-4H3. The van der Waals surface area contributed by atoms with E-state index in [2.05, 4.69) is 32.0 Å². The van der Waals surface area contributed by atoms with Gasteiger partial charge in [0.1, 0.15) is 4.90 Å². The van der Waals surface area contributed by atoms with E-state index >= 15 is 0 Å². The van der Waals surface area contributed by atoms with Gasteiger partial charge in [0.15, 0.2) is 0 Å². The van der Waals surface area contributed by atoms with Crippen molar-refractivity contribution in [3.05, 3.63) is 64.7 Å². The van der Waals surface area contributed by atoms with E-state index in [0.717, 1.165) is 42.4 Å². The highest BCUT2D eigenvalue weighted by molar-refractivity contribution is 7.86. The maximum atomic E-state index is 12.6. The molecular weight excluding hydrogens is 358 g/mol. The van der Waals surface area contributed by atoms with Crippen molar-refractivity contribution in [2.45, 2.75) is 63.7 Å². The SMILES string of the molecule is CCC(C)(C)c1ccc(S(=O)(=O)ON=C2CCCc3ccccc32)cc1C. The van der Waals surface area contributed by atoms with Crippen LogP contribution < -0.4 is 0 Å². The average molecular weight is 386 g/mol. The molecule has 0 N–H and O–H groups in total. The molecule has 1 aliphatic rings. The highest BCUT2D eigenvalue weighted by Crippen LogP contribution is 2.31. The van der Waals surface area contributed by atoms with Crippen molar-refractivity contribution in [1.29, 1.82) is 0 Å². The molecule has 0 saturated carbocycles. The number of hydrogen-bond acceptors (Lipinski definition) is 4. The fourth-order valence-electron chi connectivity index (χ4n) is 3.57. The Morgan fingerprint density at radius 3 is 2.56 bits per heavy atom. The summed E-state index contributed by atoms with van der Waals surface area (Å²) in [4.78, 5) is 0.143. The zero-order valence-corrected chi connectivity index (χ0v) is 17.3. The van der Waals surface area contributed by atoms with Gasteiger partial charge in [-0.3, -0.25) is 4.28 Å². The van der Waals surface area contributed by atoms with Gasteiger partial charge >= 0.3 is 10.1 Å². The first-order valence-corrected chi connectivity index (χ1v) is 10.9. The van der Waals surface area contributed by atoms with Crippen LogP contribution >= 0.6 is 0 Å². The van der Waals surface area contributed by atoms with Crippen LogP contribution in [0.25, 0.3) is 0 Å². The first kappa shape index (κ1) is 19.6. The van der Waals surface area contributed by atoms with E-state index in [0.29, 0.717) is 5.71 Å². The Hall–Kier alpha value is -2.14. The summed E-state index contributed by atoms with van der Waals surface area (Å²) in [5.74, 6) is 0. The molecule has 0 bridgehead atoms. The maximum absolute atomic E-state index is 12.6. The normalized spacial score (nSPS) is 16.2. The van der Waals surface area contributed by atoms with Gasteiger partial charge < -0.3 is 0 Å². The lowest BCUT2D eigenvalue weighted by Crippen LogP contribution is -2.17. The Morgan fingerprint density at radius 2 is 1.85 bits per heavy atom. The van der Waals surface area contributed by atoms with Crippen molar-refractivity contribution in [1.82, 2.24) is 0 Å². The lowest BCUT2D eigenvalue weighted by atomic mass is 9.80. The lowest BCUT2D eigenvalue weighted by Gasteiger charge is -2.25. The van der Waals surface area contributed by atoms with Crippen LogP contribution in [0.5, 0.6) is 0 Å². The number of fused-ring (bicyclic) bond motifs is 1. The molecule has 0 heterocycles. The van der Waals surface area contributed by atoms with Crippen LogP contribution in [0.2, 0.25) is 0 Å². The van der Waals surface area contributed by atoms with Crippen LogP contribution in [0.15, 0.2) is 52.5 Å². The van der Waals surface area contributed by atoms with Crippen LogP contribution in [-0.2, 0) is 26.2 Å². The molecule has 0 amide bonds. The van der Waals surface area contributed by atoms with Crippen molar-refractivity contribution in [3.8, 4) is 0 Å². The van der Waals surface area contributed by atoms with Gasteiger partial charge in [-0.05, 0) is 66.8 Å². The highest BCUT2D eigenvalue weighted by atomic mass is 32.2. The van der Waals surface area contributed by atoms with Gasteiger partial charge in [0.05, 0.1) is 5.71 Å². The van der Waals surface area contributed by atoms with Crippen molar-refractivity contribution < 1.29 is 12.7 Å². The molecular formula is C22H27NO3S. The molecule has 0 saturated heterocycles. The molecule has 0 spiro atoms. The van der Waals surface area contributed by atoms with Crippen LogP contribution in [0.4, 0.5) is 0 Å². The summed E-state index contributed by atoms with van der Waals surface area (Å²) < 4.78 is 30.4. The Morgan fingerprint density at radius 1 is 1.11 bits per heavy atom. The number of benzene rings is 2. The smallest absolute Gasteiger partial charge is 0.264 e. The van der Waals surface area contributed by atoms with Crippen molar-refractivity contribution >= 4 is 15.8 Å². The van der Waals surface area contributed by atoms with Gasteiger partial charge in [-0.2, -0.15) is 8.42 Å². The third-order valence-electron chi connectivity index (χ3n) is 5.53. The molecule has 0 aromatic heterocycles. The Labute approximate surface area is 162 Å². The third kappa shape index (κ3) is 4.08. The number of oxime groups is 1. The highest BCUT2D eigenvalue weighted by Gasteiger charge is 2.24. The van der Waals surface area contributed by atoms with Gasteiger partial charge in [-0.15, -0.1) is 0 Å². The second kappa shape index (κ2) is 7.47. The lowest BCUT2D eigenvalue weighted by molar-refractivity contribution is 0.337. The van der Waals surface area contributed by atoms with E-state index in [1.807, 2.05) is 31.2 Å². The average Bonchev–Trinajstić information content (AvgIpc) is 2.66. The van der Waals surface area contributed by atoms with Gasteiger partial charge in [-0.25, -0.2) is 0 Å². The summed E-state index contributed by atoms with van der Waals surface area (Å²) >= 11 is 0. The van der Waals surface area contributed by atoms with E-state index in [9.17, 15) is 8.42 Å². The molecule has 27 heavy (non-hydrogen) atoms. The van der Waals surface area contributed by atoms with Gasteiger partial charge in [0.2, 0.25) is 0 Å². The largest absolute Gasteiger partial charge is 0.358 e. The van der Waals surface area contributed by atoms with Crippen LogP contribution in [0, 0.1) is 6.92 Å². The zero-order valence-electron chi connectivity index (χ0n) is 16.5. The van der Waals surface area contributed by atoms with E-state index in [-0.39, 0.29) is 10.3 Å². The second-order valence-corrected chi connectivity index (χ2v) is 9.32. The molecule has 0 atom stereocenters. The molecule has 1 aliphatic carbocycles. The summed E-state index contributed by atoms with van der Waals surface area (Å²) in [6.45, 7) is 8.39. The molecule has 2 aromatic carbocycles. The summed E-state index contributed by atoms with van der Waals surface area (Å²) in [6, 6.07) is 13.1. The molecule has 4 nitrogen and oxygen atoms in total. The summed E-state index contributed by atoms with van der Waals surface area (Å²) in [5, 5.41) is 4.02. The third-order valence-corrected chi connectivity index (χ3v) is 6.64. The minimum absolute atomic E-state index is 0.000727. The van der Waals surface area contributed by atoms with E-state index in [1.165, 1.54) is 5.56 Å². The summed E-state index contributed by atoms with van der Waals surface area (Å²) in [6.07, 6.45) is 3.62. The van der Waals surface area contributed by atoms with E-state index in [1.54, 1.807) is 12.1 Å². The van der Waals surface area contributed by atoms with Crippen LogP contribution in [0.1, 0.15) is 62.3 Å². The number of nitrogens with zero attached hydrogens (tertiary/aromatic N) is 1. The second-order valence-electron chi connectivity index (χ2n) is 7.79. The number of hydrogen-bond donors (Lipinski definition) is 0. The minimum Gasteiger partial charge on any atom is -0.264 e. The molecule has 0 aliphatic heterocycles. The number of aryl methyl sites for hydroxylation is 2. The zero-order chi connectivity index (χ0) is 19.7. The quantitative estimate of drug-likeness (QED) is 0.671. The molecule has 144 valence electrons. The van der Waals surface area contributed by atoms with E-state index < -0.39 is 10.1 Å². The number of rotatable bonds is 5. The molecule has 5 heteroatoms. The molecule has 0 unspecified atom stereocenters. The van der Waals surface area contributed by atoms with Gasteiger partial charge in [0.25, 0.3) is 0 Å². The molecule has 0 fully saturated rings. The Bertz CT molecular complexity index is 975. The summed E-state index contributed by atoms with van der Waals surface area (Å²) in [7, 11) is -3.94. The van der Waals surface area contributed by atoms with Crippen molar-refractivity contribution in [3.63, 3.8) is 0 Å². The Balaban J connectivity index is 1.87. The van der Waals surface area contributed by atoms with Gasteiger partial charge in [-0.1, -0.05) is 56.3 Å². The predicted octanol–water partition coefficient (Wildman–Crippen LogP) is 5.13. The van der Waals surface area contributed by atoms with E-state index in [4.69, 9.17) is 4.28 Å². The topological polar surface area (TPSA) is 55.7 Å². The first-order valence-electron chi connectivity index (χ1n) is 9.44.